The molecule has 0 unspecified atom stereocenters. The molecule has 1 amide bonds. The van der Waals surface area contributed by atoms with E-state index in [9.17, 15) is 19.1 Å². The number of carbonyl (C=O) groups is 2. The number of halogens is 2. The molecule has 1 aliphatic heterocycles. The van der Waals surface area contributed by atoms with Crippen molar-refractivity contribution in [2.45, 2.75) is 32.3 Å². The van der Waals surface area contributed by atoms with E-state index in [1.54, 1.807) is 24.4 Å². The molecule has 0 bridgehead atoms. The van der Waals surface area contributed by atoms with Gasteiger partial charge in [-0.2, -0.15) is 0 Å². The van der Waals surface area contributed by atoms with E-state index in [0.717, 1.165) is 45.3 Å². The standard InChI is InChI=1S/C35H35F2N3O6/c36-25-4-2-23(3-5-25)18-33(42)35(9-10-35)34(43)39-26-6-7-31(28(37)20-26)46-30-8-11-38-29-21-32(24(22-41)19-27(29)30)45-15-1-12-40-13-16-44-17-14-40/h2-8,11,19-21,41H,1,9-10,12-18,22H2,(H,39,43). The highest BCUT2D eigenvalue weighted by molar-refractivity contribution is 6.14. The summed E-state index contributed by atoms with van der Waals surface area (Å²) in [6.07, 6.45) is 3.17. The molecule has 1 saturated carbocycles. The van der Waals surface area contributed by atoms with Crippen molar-refractivity contribution in [3.8, 4) is 17.2 Å². The van der Waals surface area contributed by atoms with Gasteiger partial charge in [0.25, 0.3) is 0 Å². The topological polar surface area (TPSA) is 110 Å². The van der Waals surface area contributed by atoms with Crippen molar-refractivity contribution in [3.63, 3.8) is 0 Å². The number of aliphatic hydroxyl groups excluding tert-OH is 1. The van der Waals surface area contributed by atoms with Crippen LogP contribution in [0.1, 0.15) is 30.4 Å². The molecule has 2 N–H and O–H groups in total. The van der Waals surface area contributed by atoms with E-state index in [2.05, 4.69) is 15.2 Å². The first-order chi connectivity index (χ1) is 22.3. The van der Waals surface area contributed by atoms with Crippen molar-refractivity contribution in [2.24, 2.45) is 5.41 Å². The minimum absolute atomic E-state index is 0.00920. The Bertz CT molecular complexity index is 1720. The predicted octanol–water partition coefficient (Wildman–Crippen LogP) is 5.43. The van der Waals surface area contributed by atoms with E-state index in [1.165, 1.54) is 36.4 Å². The largest absolute Gasteiger partial charge is 0.493 e. The van der Waals surface area contributed by atoms with Gasteiger partial charge in [0.05, 0.1) is 31.9 Å². The van der Waals surface area contributed by atoms with Crippen LogP contribution in [0, 0.1) is 17.0 Å². The van der Waals surface area contributed by atoms with Gasteiger partial charge in [-0.25, -0.2) is 8.78 Å². The number of hydrogen-bond acceptors (Lipinski definition) is 8. The number of nitrogens with zero attached hydrogens (tertiary/aromatic N) is 2. The Morgan fingerprint density at radius 1 is 0.978 bits per heavy atom. The van der Waals surface area contributed by atoms with Crippen LogP contribution in [0.2, 0.25) is 0 Å². The Morgan fingerprint density at radius 2 is 1.76 bits per heavy atom. The van der Waals surface area contributed by atoms with Crippen molar-refractivity contribution in [1.82, 2.24) is 9.88 Å². The van der Waals surface area contributed by atoms with Crippen LogP contribution in [0.4, 0.5) is 14.5 Å². The van der Waals surface area contributed by atoms with Crippen LogP contribution in [0.3, 0.4) is 0 Å². The van der Waals surface area contributed by atoms with Crippen molar-refractivity contribution in [3.05, 3.63) is 89.6 Å². The first-order valence-corrected chi connectivity index (χ1v) is 15.4. The van der Waals surface area contributed by atoms with Crippen LogP contribution in [-0.4, -0.2) is 66.1 Å². The molecular weight excluding hydrogens is 596 g/mol. The number of pyridine rings is 1. The van der Waals surface area contributed by atoms with E-state index in [4.69, 9.17) is 14.2 Å². The van der Waals surface area contributed by atoms with Gasteiger partial charge < -0.3 is 24.6 Å². The molecule has 4 aromatic rings. The molecule has 3 aromatic carbocycles. The fraction of sp³-hybridized carbons (Fsp3) is 0.343. The number of Topliss-reactive ketones (excluding diaryl/α,β-unsaturated/α-hetero) is 1. The highest BCUT2D eigenvalue weighted by Gasteiger charge is 2.55. The minimum Gasteiger partial charge on any atom is -0.493 e. The van der Waals surface area contributed by atoms with Gasteiger partial charge in [-0.1, -0.05) is 12.1 Å². The molecule has 0 spiro atoms. The number of benzene rings is 3. The second-order valence-corrected chi connectivity index (χ2v) is 11.6. The summed E-state index contributed by atoms with van der Waals surface area (Å²) >= 11 is 0. The number of aliphatic hydroxyl groups is 1. The van der Waals surface area contributed by atoms with Gasteiger partial charge in [-0.15, -0.1) is 0 Å². The Kier molecular flexibility index (Phi) is 9.53. The predicted molar refractivity (Wildman–Crippen MR) is 167 cm³/mol. The maximum absolute atomic E-state index is 15.2. The normalized spacial score (nSPS) is 15.8. The lowest BCUT2D eigenvalue weighted by molar-refractivity contribution is -0.132. The first-order valence-electron chi connectivity index (χ1n) is 15.4. The fourth-order valence-electron chi connectivity index (χ4n) is 5.58. The first kappa shape index (κ1) is 31.5. The van der Waals surface area contributed by atoms with Crippen LogP contribution in [-0.2, 0) is 27.4 Å². The van der Waals surface area contributed by atoms with Crippen LogP contribution < -0.4 is 14.8 Å². The molecule has 9 nitrogen and oxygen atoms in total. The Morgan fingerprint density at radius 3 is 2.48 bits per heavy atom. The van der Waals surface area contributed by atoms with Crippen LogP contribution in [0.25, 0.3) is 10.9 Å². The number of aromatic nitrogens is 1. The molecule has 240 valence electrons. The maximum Gasteiger partial charge on any atom is 0.238 e. The average molecular weight is 632 g/mol. The highest BCUT2D eigenvalue weighted by Crippen LogP contribution is 2.48. The maximum atomic E-state index is 15.2. The Labute approximate surface area is 265 Å². The molecule has 2 fully saturated rings. The summed E-state index contributed by atoms with van der Waals surface area (Å²) in [5.41, 5.74) is 0.746. The van der Waals surface area contributed by atoms with Crippen LogP contribution >= 0.6 is 0 Å². The molecule has 2 aliphatic rings. The highest BCUT2D eigenvalue weighted by atomic mass is 19.1. The van der Waals surface area contributed by atoms with Crippen molar-refractivity contribution in [2.75, 3.05) is 44.8 Å². The summed E-state index contributed by atoms with van der Waals surface area (Å²) in [5, 5.41) is 13.3. The van der Waals surface area contributed by atoms with E-state index in [-0.39, 0.29) is 30.2 Å². The van der Waals surface area contributed by atoms with Gasteiger partial charge in [0, 0.05) is 61.0 Å². The number of ketones is 1. The number of fused-ring (bicyclic) bond motifs is 1. The van der Waals surface area contributed by atoms with E-state index < -0.39 is 23.0 Å². The third-order valence-electron chi connectivity index (χ3n) is 8.44. The van der Waals surface area contributed by atoms with E-state index >= 15 is 4.39 Å². The van der Waals surface area contributed by atoms with Gasteiger partial charge in [0.1, 0.15) is 22.7 Å². The second-order valence-electron chi connectivity index (χ2n) is 11.6. The third-order valence-corrected chi connectivity index (χ3v) is 8.44. The van der Waals surface area contributed by atoms with Gasteiger partial charge in [0.2, 0.25) is 5.91 Å². The average Bonchev–Trinajstić information content (AvgIpc) is 3.88. The molecule has 6 rings (SSSR count). The number of rotatable bonds is 13. The fourth-order valence-corrected chi connectivity index (χ4v) is 5.58. The number of morpholine rings is 1. The SMILES string of the molecule is O=C(Cc1ccc(F)cc1)C1(C(=O)Nc2ccc(Oc3ccnc4cc(OCCCN5CCOCC5)c(CO)cc34)c(F)c2)CC1. The molecular formula is C35H35F2N3O6. The zero-order chi connectivity index (χ0) is 32.1. The quantitative estimate of drug-likeness (QED) is 0.149. The number of carbonyl (C=O) groups excluding carboxylic acids is 2. The van der Waals surface area contributed by atoms with Crippen molar-refractivity contribution in [1.29, 1.82) is 0 Å². The molecule has 2 heterocycles. The number of ether oxygens (including phenoxy) is 3. The summed E-state index contributed by atoms with van der Waals surface area (Å²) in [4.78, 5) is 32.8. The molecule has 0 radical (unpaired) electrons. The smallest absolute Gasteiger partial charge is 0.238 e. The molecule has 1 aromatic heterocycles. The number of anilines is 1. The van der Waals surface area contributed by atoms with Gasteiger partial charge in [-0.3, -0.25) is 19.5 Å². The van der Waals surface area contributed by atoms with Crippen LogP contribution in [0.5, 0.6) is 17.2 Å². The minimum atomic E-state index is -1.17. The molecule has 0 atom stereocenters. The van der Waals surface area contributed by atoms with Crippen molar-refractivity contribution >= 4 is 28.3 Å². The summed E-state index contributed by atoms with van der Waals surface area (Å²) in [6.45, 7) is 4.40. The lowest BCUT2D eigenvalue weighted by atomic mass is 9.94. The lowest BCUT2D eigenvalue weighted by Crippen LogP contribution is -2.37. The van der Waals surface area contributed by atoms with E-state index in [0.29, 0.717) is 53.0 Å². The summed E-state index contributed by atoms with van der Waals surface area (Å²) < 4.78 is 45.8. The monoisotopic (exact) mass is 631 g/mol. The van der Waals surface area contributed by atoms with Crippen molar-refractivity contribution < 1.29 is 37.7 Å². The van der Waals surface area contributed by atoms with Gasteiger partial charge in [-0.05, 0) is 61.2 Å². The van der Waals surface area contributed by atoms with Gasteiger partial charge >= 0.3 is 0 Å². The van der Waals surface area contributed by atoms with Gasteiger partial charge in [0.15, 0.2) is 17.3 Å². The number of nitrogens with one attached hydrogen (secondary N) is 1. The summed E-state index contributed by atoms with van der Waals surface area (Å²) in [7, 11) is 0. The summed E-state index contributed by atoms with van der Waals surface area (Å²) in [6, 6.07) is 14.7. The zero-order valence-electron chi connectivity index (χ0n) is 25.3. The number of amides is 1. The van der Waals surface area contributed by atoms with E-state index in [1.807, 2.05) is 0 Å². The molecule has 46 heavy (non-hydrogen) atoms. The molecule has 1 aliphatic carbocycles. The van der Waals surface area contributed by atoms with Crippen LogP contribution in [0.15, 0.2) is 66.9 Å². The molecule has 11 heteroatoms. The second kappa shape index (κ2) is 13.9. The Hall–Kier alpha value is -4.45. The zero-order valence-corrected chi connectivity index (χ0v) is 25.3. The third kappa shape index (κ3) is 7.17. The molecule has 1 saturated heterocycles. The lowest BCUT2D eigenvalue weighted by Gasteiger charge is -2.26. The Balaban J connectivity index is 1.10. The number of hydrogen-bond donors (Lipinski definition) is 2. The summed E-state index contributed by atoms with van der Waals surface area (Å²) in [5.74, 6) is -1.09.